The molecule has 0 aromatic carbocycles. The molecule has 5 atom stereocenters. The van der Waals surface area contributed by atoms with E-state index in [4.69, 9.17) is 13.9 Å². The average molecular weight is 300 g/mol. The molecule has 2 rings (SSSR count). The van der Waals surface area contributed by atoms with Crippen LogP contribution in [0.2, 0.25) is 18.1 Å². The molecule has 3 nitrogen and oxygen atoms in total. The van der Waals surface area contributed by atoms with Gasteiger partial charge in [-0.3, -0.25) is 0 Å². The largest absolute Gasteiger partial charge is 0.407 e. The maximum Gasteiger partial charge on any atom is 0.220 e. The van der Waals surface area contributed by atoms with Crippen molar-refractivity contribution in [3.8, 4) is 0 Å². The van der Waals surface area contributed by atoms with Gasteiger partial charge in [0.2, 0.25) is 6.10 Å². The van der Waals surface area contributed by atoms with Gasteiger partial charge in [0.25, 0.3) is 0 Å². The highest BCUT2D eigenvalue weighted by molar-refractivity contribution is 6.74. The summed E-state index contributed by atoms with van der Waals surface area (Å²) in [5, 5.41) is 0.225. The van der Waals surface area contributed by atoms with Crippen LogP contribution in [0, 0.1) is 6.92 Å². The van der Waals surface area contributed by atoms with E-state index in [0.29, 0.717) is 6.10 Å². The lowest BCUT2D eigenvalue weighted by molar-refractivity contribution is -0.0554. The zero-order valence-electron chi connectivity index (χ0n) is 13.9. The molecule has 0 spiro atoms. The van der Waals surface area contributed by atoms with E-state index in [1.165, 1.54) is 0 Å². The topological polar surface area (TPSA) is 27.7 Å². The smallest absolute Gasteiger partial charge is 0.220 e. The Balaban J connectivity index is 1.94. The van der Waals surface area contributed by atoms with Crippen LogP contribution in [0.5, 0.6) is 0 Å². The van der Waals surface area contributed by atoms with Crippen molar-refractivity contribution in [2.45, 2.75) is 95.6 Å². The van der Waals surface area contributed by atoms with Crippen molar-refractivity contribution in [2.75, 3.05) is 0 Å². The van der Waals surface area contributed by atoms with Gasteiger partial charge in [0.05, 0.1) is 25.2 Å². The van der Waals surface area contributed by atoms with Crippen molar-refractivity contribution in [3.05, 3.63) is 6.92 Å². The summed E-state index contributed by atoms with van der Waals surface area (Å²) in [5.41, 5.74) is 0. The number of hydrogen-bond donors (Lipinski definition) is 0. The first-order valence-electron chi connectivity index (χ1n) is 7.92. The van der Waals surface area contributed by atoms with Crippen LogP contribution in [0.3, 0.4) is 0 Å². The molecule has 2 heterocycles. The molecule has 0 aliphatic carbocycles. The second-order valence-corrected chi connectivity index (χ2v) is 12.7. The molecule has 2 aliphatic rings. The molecule has 0 aromatic heterocycles. The molecule has 116 valence electrons. The van der Waals surface area contributed by atoms with Crippen LogP contribution in [-0.4, -0.2) is 38.8 Å². The predicted molar refractivity (Wildman–Crippen MR) is 84.3 cm³/mol. The summed E-state index contributed by atoms with van der Waals surface area (Å²) < 4.78 is 18.5. The second-order valence-electron chi connectivity index (χ2n) is 7.93. The van der Waals surface area contributed by atoms with Gasteiger partial charge in [-0.25, -0.2) is 0 Å². The standard InChI is InChI=1S/C16H31O3Si/c1-11-8-9-13(17-11)15-10-14(12(2)18-15)19-20(6,7)16(3,4)5/h11-15H,2,8-10H2,1,3-7H3/q+1/t11-,12+,13+,14-,15-/m1/s1. The Kier molecular flexibility index (Phi) is 4.60. The second kappa shape index (κ2) is 5.63. The third kappa shape index (κ3) is 3.41. The molecule has 0 bridgehead atoms. The Bertz CT molecular complexity index is 337. The van der Waals surface area contributed by atoms with E-state index in [9.17, 15) is 0 Å². The zero-order chi connectivity index (χ0) is 15.1. The van der Waals surface area contributed by atoms with Crippen LogP contribution < -0.4 is 0 Å². The monoisotopic (exact) mass is 299 g/mol. The minimum Gasteiger partial charge on any atom is -0.407 e. The first-order chi connectivity index (χ1) is 9.10. The third-order valence-electron chi connectivity index (χ3n) is 5.16. The van der Waals surface area contributed by atoms with Crippen molar-refractivity contribution in [1.29, 1.82) is 0 Å². The van der Waals surface area contributed by atoms with Crippen molar-refractivity contribution in [2.24, 2.45) is 0 Å². The van der Waals surface area contributed by atoms with Gasteiger partial charge in [0.15, 0.2) is 8.32 Å². The Labute approximate surface area is 125 Å². The van der Waals surface area contributed by atoms with Crippen LogP contribution >= 0.6 is 0 Å². The molecule has 0 amide bonds. The Morgan fingerprint density at radius 3 is 2.25 bits per heavy atom. The molecular formula is C16H31O3Si+. The first kappa shape index (κ1) is 16.3. The summed E-state index contributed by atoms with van der Waals surface area (Å²) in [5.74, 6) is 0. The Morgan fingerprint density at radius 1 is 1.10 bits per heavy atom. The predicted octanol–water partition coefficient (Wildman–Crippen LogP) is 3.94. The van der Waals surface area contributed by atoms with Gasteiger partial charge in [-0.05, 0) is 37.9 Å². The number of rotatable bonds is 3. The summed E-state index contributed by atoms with van der Waals surface area (Å²) in [6.07, 6.45) is 4.00. The van der Waals surface area contributed by atoms with Crippen LogP contribution in [-0.2, 0) is 13.9 Å². The van der Waals surface area contributed by atoms with Crippen LogP contribution in [0.1, 0.15) is 47.0 Å². The normalized spacial score (nSPS) is 39.4. The fourth-order valence-corrected chi connectivity index (χ4v) is 4.13. The fourth-order valence-electron chi connectivity index (χ4n) is 2.77. The van der Waals surface area contributed by atoms with E-state index < -0.39 is 8.32 Å². The van der Waals surface area contributed by atoms with Crippen molar-refractivity contribution < 1.29 is 13.9 Å². The minimum atomic E-state index is -1.76. The molecular weight excluding hydrogens is 268 g/mol. The first-order valence-corrected chi connectivity index (χ1v) is 10.8. The van der Waals surface area contributed by atoms with Gasteiger partial charge in [0.1, 0.15) is 6.10 Å². The lowest BCUT2D eigenvalue weighted by atomic mass is 10.1. The SMILES string of the molecule is [CH2+][C@@H]1O[C@@H]([C@@H]2CC[C@@H](C)O2)C[C@H]1O[Si](C)(C)C(C)(C)C. The molecule has 0 radical (unpaired) electrons. The third-order valence-corrected chi connectivity index (χ3v) is 9.66. The van der Waals surface area contributed by atoms with Gasteiger partial charge in [0, 0.05) is 6.42 Å². The number of hydrogen-bond acceptors (Lipinski definition) is 3. The van der Waals surface area contributed by atoms with Gasteiger partial charge in [-0.2, -0.15) is 0 Å². The lowest BCUT2D eigenvalue weighted by Crippen LogP contribution is -2.45. The molecule has 2 saturated heterocycles. The van der Waals surface area contributed by atoms with Crippen molar-refractivity contribution in [1.82, 2.24) is 0 Å². The van der Waals surface area contributed by atoms with Crippen molar-refractivity contribution >= 4 is 8.32 Å². The van der Waals surface area contributed by atoms with Gasteiger partial charge < -0.3 is 13.9 Å². The highest BCUT2D eigenvalue weighted by Crippen LogP contribution is 2.40. The summed E-state index contributed by atoms with van der Waals surface area (Å²) in [6, 6.07) is 0. The van der Waals surface area contributed by atoms with Crippen LogP contribution in [0.25, 0.3) is 0 Å². The van der Waals surface area contributed by atoms with Gasteiger partial charge >= 0.3 is 0 Å². The Hall–Kier alpha value is -0.0331. The van der Waals surface area contributed by atoms with E-state index >= 15 is 0 Å². The highest BCUT2D eigenvalue weighted by atomic mass is 28.4. The number of ether oxygens (including phenoxy) is 2. The molecule has 0 aromatic rings. The minimum absolute atomic E-state index is 0.0615. The maximum absolute atomic E-state index is 6.49. The molecule has 0 N–H and O–H groups in total. The quantitative estimate of drug-likeness (QED) is 0.583. The Morgan fingerprint density at radius 2 is 1.75 bits per heavy atom. The van der Waals surface area contributed by atoms with E-state index in [-0.39, 0.29) is 29.5 Å². The van der Waals surface area contributed by atoms with Gasteiger partial charge in [-0.15, -0.1) is 0 Å². The average Bonchev–Trinajstić information content (AvgIpc) is 2.84. The summed E-state index contributed by atoms with van der Waals surface area (Å²) in [7, 11) is -1.76. The molecule has 0 saturated carbocycles. The van der Waals surface area contributed by atoms with Gasteiger partial charge in [-0.1, -0.05) is 20.8 Å². The van der Waals surface area contributed by atoms with E-state index in [2.05, 4.69) is 47.7 Å². The molecule has 2 fully saturated rings. The molecule has 0 unspecified atom stereocenters. The van der Waals surface area contributed by atoms with Crippen molar-refractivity contribution in [3.63, 3.8) is 0 Å². The van der Waals surface area contributed by atoms with Crippen LogP contribution in [0.15, 0.2) is 0 Å². The van der Waals surface area contributed by atoms with Crippen LogP contribution in [0.4, 0.5) is 0 Å². The zero-order valence-corrected chi connectivity index (χ0v) is 14.9. The summed E-state index contributed by atoms with van der Waals surface area (Å²) in [6.45, 7) is 17.7. The molecule has 2 aliphatic heterocycles. The molecule has 4 heteroatoms. The lowest BCUT2D eigenvalue weighted by Gasteiger charge is -2.38. The maximum atomic E-state index is 6.49. The van der Waals surface area contributed by atoms with E-state index in [0.717, 1.165) is 19.3 Å². The fraction of sp³-hybridized carbons (Fsp3) is 0.938. The summed E-state index contributed by atoms with van der Waals surface area (Å²) >= 11 is 0. The van der Waals surface area contributed by atoms with E-state index in [1.54, 1.807) is 0 Å². The summed E-state index contributed by atoms with van der Waals surface area (Å²) in [4.78, 5) is 0. The molecule has 20 heavy (non-hydrogen) atoms. The highest BCUT2D eigenvalue weighted by Gasteiger charge is 2.48. The van der Waals surface area contributed by atoms with E-state index in [1.807, 2.05) is 0 Å².